The van der Waals surface area contributed by atoms with Crippen molar-refractivity contribution in [2.75, 3.05) is 16.8 Å². The monoisotopic (exact) mass is 292 g/mol. The summed E-state index contributed by atoms with van der Waals surface area (Å²) < 4.78 is 26.3. The number of hydrazine groups is 1. The first-order valence-electron chi connectivity index (χ1n) is 5.94. The van der Waals surface area contributed by atoms with Crippen molar-refractivity contribution in [1.29, 1.82) is 0 Å². The van der Waals surface area contributed by atoms with Crippen LogP contribution in [0, 0.1) is 6.92 Å². The highest BCUT2D eigenvalue weighted by atomic mass is 32.2. The number of rotatable bonds is 4. The molecule has 0 aliphatic heterocycles. The maximum atomic E-state index is 12.6. The lowest BCUT2D eigenvalue weighted by Crippen LogP contribution is -2.28. The van der Waals surface area contributed by atoms with Gasteiger partial charge in [-0.25, -0.2) is 4.98 Å². The molecule has 0 atom stereocenters. The van der Waals surface area contributed by atoms with Crippen LogP contribution in [0.25, 0.3) is 0 Å². The topological polar surface area (TPSA) is 88.3 Å². The van der Waals surface area contributed by atoms with Crippen molar-refractivity contribution in [2.45, 2.75) is 11.9 Å². The van der Waals surface area contributed by atoms with Crippen LogP contribution < -0.4 is 15.6 Å². The smallest absolute Gasteiger partial charge is 0.283 e. The first-order valence-corrected chi connectivity index (χ1v) is 7.38. The number of nitrogens with one attached hydrogen (secondary N) is 1. The first kappa shape index (κ1) is 14.3. The molecule has 0 radical (unpaired) electrons. The van der Waals surface area contributed by atoms with E-state index in [1.165, 1.54) is 17.5 Å². The summed E-state index contributed by atoms with van der Waals surface area (Å²) in [7, 11) is -2.29. The van der Waals surface area contributed by atoms with Gasteiger partial charge >= 0.3 is 0 Å². The van der Waals surface area contributed by atoms with Crippen molar-refractivity contribution in [1.82, 2.24) is 4.98 Å². The normalized spacial score (nSPS) is 11.2. The summed E-state index contributed by atoms with van der Waals surface area (Å²) >= 11 is 0. The number of aromatic nitrogens is 1. The van der Waals surface area contributed by atoms with Gasteiger partial charge in [-0.15, -0.1) is 0 Å². The number of aryl methyl sites for hydroxylation is 1. The standard InChI is InChI=1S/C13H16N4O2S/c1-10-5-7-11(8-6-10)17(2)20(18,19)13-12(16-14)4-3-9-15-13/h3-9,16H,14H2,1-2H3. The third kappa shape index (κ3) is 2.59. The highest BCUT2D eigenvalue weighted by Gasteiger charge is 2.25. The Balaban J connectivity index is 2.46. The Morgan fingerprint density at radius 1 is 1.20 bits per heavy atom. The lowest BCUT2D eigenvalue weighted by atomic mass is 10.2. The summed E-state index contributed by atoms with van der Waals surface area (Å²) in [4.78, 5) is 3.91. The molecule has 0 aliphatic rings. The van der Waals surface area contributed by atoms with Crippen LogP contribution in [0.5, 0.6) is 0 Å². The van der Waals surface area contributed by atoms with E-state index in [9.17, 15) is 8.42 Å². The van der Waals surface area contributed by atoms with Crippen molar-refractivity contribution in [2.24, 2.45) is 5.84 Å². The van der Waals surface area contributed by atoms with Crippen molar-refractivity contribution in [3.05, 3.63) is 48.2 Å². The highest BCUT2D eigenvalue weighted by Crippen LogP contribution is 2.25. The maximum Gasteiger partial charge on any atom is 0.283 e. The van der Waals surface area contributed by atoms with E-state index >= 15 is 0 Å². The zero-order valence-electron chi connectivity index (χ0n) is 11.2. The molecule has 2 rings (SSSR count). The third-order valence-corrected chi connectivity index (χ3v) is 4.68. The van der Waals surface area contributed by atoms with Gasteiger partial charge in [0.05, 0.1) is 11.4 Å². The molecule has 6 nitrogen and oxygen atoms in total. The molecule has 0 unspecified atom stereocenters. The molecular formula is C13H16N4O2S. The van der Waals surface area contributed by atoms with Crippen molar-refractivity contribution < 1.29 is 8.42 Å². The number of pyridine rings is 1. The lowest BCUT2D eigenvalue weighted by molar-refractivity contribution is 0.591. The molecule has 0 fully saturated rings. The van der Waals surface area contributed by atoms with E-state index in [1.54, 1.807) is 24.3 Å². The van der Waals surface area contributed by atoms with Gasteiger partial charge in [-0.3, -0.25) is 10.1 Å². The molecule has 0 saturated heterocycles. The summed E-state index contributed by atoms with van der Waals surface area (Å²) in [5.74, 6) is 5.33. The summed E-state index contributed by atoms with van der Waals surface area (Å²) in [6, 6.07) is 10.4. The van der Waals surface area contributed by atoms with E-state index < -0.39 is 10.0 Å². The van der Waals surface area contributed by atoms with Gasteiger partial charge in [0.25, 0.3) is 10.0 Å². The molecule has 7 heteroatoms. The average Bonchev–Trinajstić information content (AvgIpc) is 2.47. The fourth-order valence-electron chi connectivity index (χ4n) is 1.73. The van der Waals surface area contributed by atoms with Gasteiger partial charge in [0.1, 0.15) is 0 Å². The van der Waals surface area contributed by atoms with Gasteiger partial charge < -0.3 is 5.43 Å². The third-order valence-electron chi connectivity index (χ3n) is 2.93. The van der Waals surface area contributed by atoms with Gasteiger partial charge in [-0.2, -0.15) is 8.42 Å². The number of sulfonamides is 1. The van der Waals surface area contributed by atoms with Gasteiger partial charge in [0.2, 0.25) is 5.03 Å². The Kier molecular flexibility index (Phi) is 3.91. The van der Waals surface area contributed by atoms with Crippen LogP contribution in [0.3, 0.4) is 0 Å². The molecule has 0 bridgehead atoms. The van der Waals surface area contributed by atoms with Crippen LogP contribution in [-0.2, 0) is 10.0 Å². The van der Waals surface area contributed by atoms with Crippen molar-refractivity contribution in [3.8, 4) is 0 Å². The molecule has 106 valence electrons. The molecule has 1 aromatic carbocycles. The van der Waals surface area contributed by atoms with E-state index in [2.05, 4.69) is 10.4 Å². The Morgan fingerprint density at radius 3 is 2.45 bits per heavy atom. The number of nitrogens with zero attached hydrogens (tertiary/aromatic N) is 2. The van der Waals surface area contributed by atoms with Gasteiger partial charge in [-0.05, 0) is 31.2 Å². The van der Waals surface area contributed by atoms with E-state index in [1.807, 2.05) is 19.1 Å². The molecule has 3 N–H and O–H groups in total. The average molecular weight is 292 g/mol. The Morgan fingerprint density at radius 2 is 1.85 bits per heavy atom. The van der Waals surface area contributed by atoms with Crippen LogP contribution in [0.1, 0.15) is 5.56 Å². The van der Waals surface area contributed by atoms with Crippen LogP contribution in [0.2, 0.25) is 0 Å². The zero-order chi connectivity index (χ0) is 14.8. The second-order valence-electron chi connectivity index (χ2n) is 4.31. The van der Waals surface area contributed by atoms with Crippen molar-refractivity contribution in [3.63, 3.8) is 0 Å². The predicted molar refractivity (Wildman–Crippen MR) is 78.8 cm³/mol. The van der Waals surface area contributed by atoms with Crippen LogP contribution >= 0.6 is 0 Å². The predicted octanol–water partition coefficient (Wildman–Crippen LogP) is 1.50. The minimum absolute atomic E-state index is 0.106. The Hall–Kier alpha value is -2.12. The summed E-state index contributed by atoms with van der Waals surface area (Å²) in [6.07, 6.45) is 1.41. The van der Waals surface area contributed by atoms with E-state index in [-0.39, 0.29) is 10.7 Å². The molecule has 0 saturated carbocycles. The Bertz CT molecular complexity index is 699. The maximum absolute atomic E-state index is 12.6. The molecule has 1 heterocycles. The molecule has 0 spiro atoms. The summed E-state index contributed by atoms with van der Waals surface area (Å²) in [6.45, 7) is 1.94. The SMILES string of the molecule is Cc1ccc(N(C)S(=O)(=O)c2ncccc2NN)cc1. The Labute approximate surface area is 118 Å². The molecule has 2 aromatic rings. The van der Waals surface area contributed by atoms with E-state index in [4.69, 9.17) is 5.84 Å². The second-order valence-corrected chi connectivity index (χ2v) is 6.19. The van der Waals surface area contributed by atoms with Gasteiger partial charge in [0, 0.05) is 13.2 Å². The second kappa shape index (κ2) is 5.48. The van der Waals surface area contributed by atoms with Gasteiger partial charge in [0.15, 0.2) is 0 Å². The molecule has 0 amide bonds. The number of nitrogen functional groups attached to an aromatic ring is 1. The minimum Gasteiger partial charge on any atom is -0.321 e. The van der Waals surface area contributed by atoms with Crippen LogP contribution in [0.4, 0.5) is 11.4 Å². The number of benzene rings is 1. The van der Waals surface area contributed by atoms with Crippen LogP contribution in [-0.4, -0.2) is 20.4 Å². The summed E-state index contributed by atoms with van der Waals surface area (Å²) in [5.41, 5.74) is 4.22. The molecular weight excluding hydrogens is 276 g/mol. The van der Waals surface area contributed by atoms with E-state index in [0.717, 1.165) is 5.56 Å². The molecule has 1 aromatic heterocycles. The minimum atomic E-state index is -3.77. The molecule has 0 aliphatic carbocycles. The van der Waals surface area contributed by atoms with Crippen molar-refractivity contribution >= 4 is 21.4 Å². The lowest BCUT2D eigenvalue weighted by Gasteiger charge is -2.20. The largest absolute Gasteiger partial charge is 0.321 e. The first-order chi connectivity index (χ1) is 9.46. The van der Waals surface area contributed by atoms with E-state index in [0.29, 0.717) is 5.69 Å². The highest BCUT2D eigenvalue weighted by molar-refractivity contribution is 7.92. The number of anilines is 2. The number of hydrogen-bond acceptors (Lipinski definition) is 5. The fourth-order valence-corrected chi connectivity index (χ4v) is 2.99. The quantitative estimate of drug-likeness (QED) is 0.658. The summed E-state index contributed by atoms with van der Waals surface area (Å²) in [5, 5.41) is -0.106. The van der Waals surface area contributed by atoms with Crippen LogP contribution in [0.15, 0.2) is 47.6 Å². The number of hydrogen-bond donors (Lipinski definition) is 2. The van der Waals surface area contributed by atoms with Gasteiger partial charge in [-0.1, -0.05) is 17.7 Å². The molecule has 20 heavy (non-hydrogen) atoms. The number of nitrogens with two attached hydrogens (primary N) is 1. The zero-order valence-corrected chi connectivity index (χ0v) is 12.1. The fraction of sp³-hybridized carbons (Fsp3) is 0.154.